The second-order valence-electron chi connectivity index (χ2n) is 9.46. The van der Waals surface area contributed by atoms with Gasteiger partial charge in [-0.3, -0.25) is 14.4 Å². The molecule has 0 aromatic rings. The maximum absolute atomic E-state index is 13.3. The van der Waals surface area contributed by atoms with Gasteiger partial charge in [-0.05, 0) is 38.3 Å². The van der Waals surface area contributed by atoms with Gasteiger partial charge in [-0.25, -0.2) is 0 Å². The van der Waals surface area contributed by atoms with E-state index in [0.717, 1.165) is 38.8 Å². The predicted octanol–water partition coefficient (Wildman–Crippen LogP) is 1.28. The first kappa shape index (κ1) is 24.0. The molecule has 2 heterocycles. The summed E-state index contributed by atoms with van der Waals surface area (Å²) < 4.78 is 5.35. The lowest BCUT2D eigenvalue weighted by Gasteiger charge is -2.32. The molecule has 8 heteroatoms. The zero-order chi connectivity index (χ0) is 22.1. The highest BCUT2D eigenvalue weighted by Gasteiger charge is 2.31. The third-order valence-electron chi connectivity index (χ3n) is 7.05. The molecule has 3 fully saturated rings. The van der Waals surface area contributed by atoms with Crippen LogP contribution in [-0.4, -0.2) is 79.5 Å². The molecular weight excluding hydrogens is 396 g/mol. The van der Waals surface area contributed by atoms with Gasteiger partial charge in [0.05, 0.1) is 13.2 Å². The number of carbonyl (C=O) groups is 3. The molecule has 2 saturated heterocycles. The molecule has 2 atom stereocenters. The third-order valence-corrected chi connectivity index (χ3v) is 7.05. The van der Waals surface area contributed by atoms with Crippen molar-refractivity contribution >= 4 is 17.7 Å². The smallest absolute Gasteiger partial charge is 0.241 e. The number of piperidine rings is 1. The number of ether oxygens (including phenoxy) is 1. The van der Waals surface area contributed by atoms with Gasteiger partial charge in [-0.2, -0.15) is 0 Å². The van der Waals surface area contributed by atoms with Gasteiger partial charge < -0.3 is 25.6 Å². The van der Waals surface area contributed by atoms with E-state index in [-0.39, 0.29) is 18.2 Å². The van der Waals surface area contributed by atoms with Crippen molar-refractivity contribution in [2.24, 2.45) is 17.6 Å². The van der Waals surface area contributed by atoms with E-state index in [0.29, 0.717) is 45.2 Å². The van der Waals surface area contributed by atoms with Crippen molar-refractivity contribution in [2.45, 2.75) is 70.3 Å². The summed E-state index contributed by atoms with van der Waals surface area (Å²) in [6, 6.07) is -0.710. The van der Waals surface area contributed by atoms with Gasteiger partial charge in [0.25, 0.3) is 0 Å². The summed E-state index contributed by atoms with van der Waals surface area (Å²) in [4.78, 5) is 42.2. The molecule has 0 bridgehead atoms. The summed E-state index contributed by atoms with van der Waals surface area (Å²) in [6.07, 6.45) is 10.2. The van der Waals surface area contributed by atoms with Crippen molar-refractivity contribution in [1.82, 2.24) is 15.1 Å². The number of hydrogen-bond donors (Lipinski definition) is 2. The normalized spacial score (nSPS) is 23.2. The molecule has 3 amide bonds. The summed E-state index contributed by atoms with van der Waals surface area (Å²) in [5.74, 6) is -0.647. The fourth-order valence-electron chi connectivity index (χ4n) is 5.16. The number of amides is 3. The van der Waals surface area contributed by atoms with Gasteiger partial charge in [-0.15, -0.1) is 0 Å². The lowest BCUT2D eigenvalue weighted by atomic mass is 9.81. The molecule has 1 unspecified atom stereocenters. The summed E-state index contributed by atoms with van der Waals surface area (Å²) in [6.45, 7) is 4.57. The maximum atomic E-state index is 13.3. The molecule has 31 heavy (non-hydrogen) atoms. The SMILES string of the molecule is NC(=O)[C@H](CN1CCCCC1)NC(=O)C(CC(=O)N1CCOCC1)CC1CCCCC1. The molecule has 3 N–H and O–H groups in total. The van der Waals surface area contributed by atoms with Crippen LogP contribution in [0.5, 0.6) is 0 Å². The Kier molecular flexibility index (Phi) is 9.58. The van der Waals surface area contributed by atoms with Crippen LogP contribution in [-0.2, 0) is 19.1 Å². The van der Waals surface area contributed by atoms with Crippen LogP contribution < -0.4 is 11.1 Å². The van der Waals surface area contributed by atoms with Crippen LogP contribution in [0.3, 0.4) is 0 Å². The Morgan fingerprint density at radius 3 is 2.23 bits per heavy atom. The molecule has 8 nitrogen and oxygen atoms in total. The van der Waals surface area contributed by atoms with Gasteiger partial charge in [0.15, 0.2) is 0 Å². The second-order valence-corrected chi connectivity index (χ2v) is 9.46. The molecule has 0 aromatic carbocycles. The van der Waals surface area contributed by atoms with Crippen LogP contribution in [0.25, 0.3) is 0 Å². The molecular formula is C23H40N4O4. The quantitative estimate of drug-likeness (QED) is 0.566. The minimum absolute atomic E-state index is 0.00548. The lowest BCUT2D eigenvalue weighted by Crippen LogP contribution is -2.53. The Hall–Kier alpha value is -1.67. The lowest BCUT2D eigenvalue weighted by molar-refractivity contribution is -0.140. The largest absolute Gasteiger partial charge is 0.378 e. The Morgan fingerprint density at radius 2 is 1.58 bits per heavy atom. The van der Waals surface area contributed by atoms with Crippen molar-refractivity contribution in [2.75, 3.05) is 45.9 Å². The number of nitrogens with zero attached hydrogens (tertiary/aromatic N) is 2. The number of nitrogens with two attached hydrogens (primary N) is 1. The predicted molar refractivity (Wildman–Crippen MR) is 118 cm³/mol. The van der Waals surface area contributed by atoms with Crippen LogP contribution in [0.2, 0.25) is 0 Å². The summed E-state index contributed by atoms with van der Waals surface area (Å²) in [5, 5.41) is 2.91. The van der Waals surface area contributed by atoms with E-state index in [9.17, 15) is 14.4 Å². The Bertz CT molecular complexity index is 596. The molecule has 0 spiro atoms. The van der Waals surface area contributed by atoms with E-state index >= 15 is 0 Å². The van der Waals surface area contributed by atoms with E-state index in [1.807, 2.05) is 0 Å². The number of carbonyl (C=O) groups excluding carboxylic acids is 3. The Balaban J connectivity index is 1.62. The number of primary amides is 1. The van der Waals surface area contributed by atoms with Gasteiger partial charge >= 0.3 is 0 Å². The average Bonchev–Trinajstić information content (AvgIpc) is 2.80. The number of hydrogen-bond acceptors (Lipinski definition) is 5. The first-order chi connectivity index (χ1) is 15.0. The fourth-order valence-corrected chi connectivity index (χ4v) is 5.16. The monoisotopic (exact) mass is 436 g/mol. The van der Waals surface area contributed by atoms with Crippen LogP contribution in [0, 0.1) is 11.8 Å². The van der Waals surface area contributed by atoms with Gasteiger partial charge in [0.1, 0.15) is 6.04 Å². The molecule has 0 aromatic heterocycles. The van der Waals surface area contributed by atoms with E-state index in [1.54, 1.807) is 4.90 Å². The number of nitrogens with one attached hydrogen (secondary N) is 1. The second kappa shape index (κ2) is 12.4. The highest BCUT2D eigenvalue weighted by Crippen LogP contribution is 2.30. The van der Waals surface area contributed by atoms with Crippen LogP contribution in [0.4, 0.5) is 0 Å². The van der Waals surface area contributed by atoms with Crippen LogP contribution >= 0.6 is 0 Å². The van der Waals surface area contributed by atoms with Gasteiger partial charge in [0, 0.05) is 32.0 Å². The minimum Gasteiger partial charge on any atom is -0.378 e. The number of morpholine rings is 1. The zero-order valence-electron chi connectivity index (χ0n) is 18.9. The topological polar surface area (TPSA) is 105 Å². The van der Waals surface area contributed by atoms with E-state index in [2.05, 4.69) is 10.2 Å². The number of rotatable bonds is 9. The van der Waals surface area contributed by atoms with Gasteiger partial charge in [0.2, 0.25) is 17.7 Å². The van der Waals surface area contributed by atoms with Crippen molar-refractivity contribution in [3.05, 3.63) is 0 Å². The van der Waals surface area contributed by atoms with Crippen LogP contribution in [0.15, 0.2) is 0 Å². The standard InChI is InChI=1S/C23H40N4O4/c24-22(29)20(17-26-9-5-2-6-10-26)25-23(30)19(15-18-7-3-1-4-8-18)16-21(28)27-11-13-31-14-12-27/h18-20H,1-17H2,(H2,24,29)(H,25,30)/t19?,20-/m0/s1. The molecule has 176 valence electrons. The highest BCUT2D eigenvalue weighted by atomic mass is 16.5. The minimum atomic E-state index is -0.710. The fraction of sp³-hybridized carbons (Fsp3) is 0.870. The first-order valence-corrected chi connectivity index (χ1v) is 12.2. The maximum Gasteiger partial charge on any atom is 0.241 e. The van der Waals surface area contributed by atoms with Crippen molar-refractivity contribution in [3.63, 3.8) is 0 Å². The first-order valence-electron chi connectivity index (χ1n) is 12.2. The van der Waals surface area contributed by atoms with Gasteiger partial charge in [-0.1, -0.05) is 38.5 Å². The summed E-state index contributed by atoms with van der Waals surface area (Å²) in [5.41, 5.74) is 5.64. The molecule has 0 radical (unpaired) electrons. The highest BCUT2D eigenvalue weighted by molar-refractivity contribution is 5.90. The van der Waals surface area contributed by atoms with Crippen molar-refractivity contribution < 1.29 is 19.1 Å². The summed E-state index contributed by atoms with van der Waals surface area (Å²) in [7, 11) is 0. The molecule has 1 aliphatic carbocycles. The van der Waals surface area contributed by atoms with E-state index in [1.165, 1.54) is 25.7 Å². The number of likely N-dealkylation sites (tertiary alicyclic amines) is 1. The Morgan fingerprint density at radius 1 is 0.935 bits per heavy atom. The third kappa shape index (κ3) is 7.75. The molecule has 3 aliphatic rings. The molecule has 3 rings (SSSR count). The van der Waals surface area contributed by atoms with E-state index in [4.69, 9.17) is 10.5 Å². The Labute approximate surface area is 186 Å². The zero-order valence-corrected chi connectivity index (χ0v) is 18.9. The van der Waals surface area contributed by atoms with Crippen molar-refractivity contribution in [3.8, 4) is 0 Å². The van der Waals surface area contributed by atoms with Crippen molar-refractivity contribution in [1.29, 1.82) is 0 Å². The van der Waals surface area contributed by atoms with Crippen LogP contribution in [0.1, 0.15) is 64.2 Å². The molecule has 1 saturated carbocycles. The van der Waals surface area contributed by atoms with E-state index < -0.39 is 17.9 Å². The molecule has 2 aliphatic heterocycles. The summed E-state index contributed by atoms with van der Waals surface area (Å²) >= 11 is 0. The average molecular weight is 437 g/mol.